The van der Waals surface area contributed by atoms with Crippen molar-refractivity contribution in [2.24, 2.45) is 0 Å². The Labute approximate surface area is 135 Å². The topological polar surface area (TPSA) is 122 Å². The first-order valence-electron chi connectivity index (χ1n) is 6.76. The Balaban J connectivity index is 2.03. The third kappa shape index (κ3) is 4.33. The Morgan fingerprint density at radius 3 is 2.96 bits per heavy atom. The van der Waals surface area contributed by atoms with Gasteiger partial charge in [0, 0.05) is 29.3 Å². The molecule has 10 heteroatoms. The number of carbonyl (C=O) groups excluding carboxylic acids is 2. The van der Waals surface area contributed by atoms with Gasteiger partial charge < -0.3 is 20.1 Å². The standard InChI is InChI=1S/C13H15N3O6S/c17-4-5-22-13(19)14-8-12(18)15-3-6-23-11-7-9(16(20)21)1-2-10(11)15/h1-2,7,17H,3-6,8H2,(H,14,19). The van der Waals surface area contributed by atoms with Crippen molar-refractivity contribution in [2.45, 2.75) is 4.90 Å². The molecule has 2 N–H and O–H groups in total. The summed E-state index contributed by atoms with van der Waals surface area (Å²) in [7, 11) is 0. The highest BCUT2D eigenvalue weighted by Gasteiger charge is 2.25. The number of fused-ring (bicyclic) bond motifs is 1. The van der Waals surface area contributed by atoms with Gasteiger partial charge in [-0.15, -0.1) is 11.8 Å². The molecule has 1 aromatic rings. The quantitative estimate of drug-likeness (QED) is 0.598. The number of carbonyl (C=O) groups is 2. The van der Waals surface area contributed by atoms with Crippen LogP contribution in [0.1, 0.15) is 0 Å². The van der Waals surface area contributed by atoms with E-state index in [0.29, 0.717) is 22.9 Å². The molecule has 0 unspecified atom stereocenters. The number of anilines is 1. The van der Waals surface area contributed by atoms with Crippen molar-refractivity contribution >= 4 is 35.1 Å². The number of benzene rings is 1. The molecule has 1 aromatic carbocycles. The van der Waals surface area contributed by atoms with Gasteiger partial charge in [-0.25, -0.2) is 4.79 Å². The van der Waals surface area contributed by atoms with E-state index in [1.54, 1.807) is 0 Å². The average molecular weight is 341 g/mol. The maximum atomic E-state index is 12.2. The van der Waals surface area contributed by atoms with Gasteiger partial charge in [-0.3, -0.25) is 14.9 Å². The minimum Gasteiger partial charge on any atom is -0.447 e. The van der Waals surface area contributed by atoms with Crippen LogP contribution in [0.15, 0.2) is 23.1 Å². The third-order valence-electron chi connectivity index (χ3n) is 3.03. The molecule has 1 aliphatic rings. The fourth-order valence-electron chi connectivity index (χ4n) is 2.01. The van der Waals surface area contributed by atoms with Crippen LogP contribution >= 0.6 is 11.8 Å². The summed E-state index contributed by atoms with van der Waals surface area (Å²) in [5, 5.41) is 21.6. The van der Waals surface area contributed by atoms with Crippen LogP contribution in [0.25, 0.3) is 0 Å². The van der Waals surface area contributed by atoms with E-state index in [2.05, 4.69) is 10.1 Å². The summed E-state index contributed by atoms with van der Waals surface area (Å²) in [4.78, 5) is 35.9. The van der Waals surface area contributed by atoms with E-state index in [4.69, 9.17) is 5.11 Å². The summed E-state index contributed by atoms with van der Waals surface area (Å²) < 4.78 is 4.59. The lowest BCUT2D eigenvalue weighted by Crippen LogP contribution is -2.42. The van der Waals surface area contributed by atoms with Gasteiger partial charge in [0.2, 0.25) is 5.91 Å². The molecular formula is C13H15N3O6S. The number of non-ortho nitro benzene ring substituents is 1. The van der Waals surface area contributed by atoms with Crippen LogP contribution in [0.5, 0.6) is 0 Å². The smallest absolute Gasteiger partial charge is 0.407 e. The zero-order chi connectivity index (χ0) is 16.8. The summed E-state index contributed by atoms with van der Waals surface area (Å²) >= 11 is 1.44. The minimum atomic E-state index is -0.789. The monoisotopic (exact) mass is 341 g/mol. The van der Waals surface area contributed by atoms with E-state index in [1.807, 2.05) is 0 Å². The summed E-state index contributed by atoms with van der Waals surface area (Å²) in [5.74, 6) is 0.260. The number of aliphatic hydroxyl groups is 1. The first-order valence-corrected chi connectivity index (χ1v) is 7.74. The van der Waals surface area contributed by atoms with Crippen molar-refractivity contribution in [2.75, 3.05) is 37.0 Å². The zero-order valence-corrected chi connectivity index (χ0v) is 12.9. The molecule has 2 rings (SSSR count). The summed E-state index contributed by atoms with van der Waals surface area (Å²) in [5.41, 5.74) is 0.554. The molecule has 0 bridgehead atoms. The van der Waals surface area contributed by atoms with Crippen LogP contribution in [0.4, 0.5) is 16.2 Å². The predicted molar refractivity (Wildman–Crippen MR) is 82.6 cm³/mol. The highest BCUT2D eigenvalue weighted by atomic mass is 32.2. The van der Waals surface area contributed by atoms with E-state index in [-0.39, 0.29) is 31.4 Å². The Morgan fingerprint density at radius 2 is 2.26 bits per heavy atom. The number of nitro groups is 1. The number of nitrogens with zero attached hydrogens (tertiary/aromatic N) is 2. The number of nitrogens with one attached hydrogen (secondary N) is 1. The SMILES string of the molecule is O=C(NCC(=O)N1CCSc2cc([N+](=O)[O-])ccc21)OCCO. The number of aliphatic hydroxyl groups excluding tert-OH is 1. The highest BCUT2D eigenvalue weighted by molar-refractivity contribution is 7.99. The third-order valence-corrected chi connectivity index (χ3v) is 4.05. The molecule has 0 fully saturated rings. The fourth-order valence-corrected chi connectivity index (χ4v) is 3.04. The molecular weight excluding hydrogens is 326 g/mol. The van der Waals surface area contributed by atoms with Gasteiger partial charge in [-0.05, 0) is 6.07 Å². The molecule has 9 nitrogen and oxygen atoms in total. The summed E-state index contributed by atoms with van der Waals surface area (Å²) in [6.07, 6.45) is -0.789. The van der Waals surface area contributed by atoms with E-state index >= 15 is 0 Å². The number of hydrogen-bond donors (Lipinski definition) is 2. The second-order valence-electron chi connectivity index (χ2n) is 4.52. The molecule has 0 saturated heterocycles. The van der Waals surface area contributed by atoms with Gasteiger partial charge in [0.05, 0.1) is 17.2 Å². The highest BCUT2D eigenvalue weighted by Crippen LogP contribution is 2.37. The average Bonchev–Trinajstić information content (AvgIpc) is 2.56. The van der Waals surface area contributed by atoms with E-state index in [0.717, 1.165) is 0 Å². The minimum absolute atomic E-state index is 0.0312. The number of rotatable bonds is 5. The van der Waals surface area contributed by atoms with Gasteiger partial charge in [0.15, 0.2) is 0 Å². The predicted octanol–water partition coefficient (Wildman–Crippen LogP) is 0.752. The van der Waals surface area contributed by atoms with Gasteiger partial charge in [-0.2, -0.15) is 0 Å². The Bertz CT molecular complexity index is 624. The van der Waals surface area contributed by atoms with Crippen molar-refractivity contribution in [3.8, 4) is 0 Å². The first kappa shape index (κ1) is 17.0. The van der Waals surface area contributed by atoms with Crippen molar-refractivity contribution in [3.63, 3.8) is 0 Å². The van der Waals surface area contributed by atoms with Crippen molar-refractivity contribution < 1.29 is 24.4 Å². The number of ether oxygens (including phenoxy) is 1. The number of thioether (sulfide) groups is 1. The molecule has 0 spiro atoms. The lowest BCUT2D eigenvalue weighted by molar-refractivity contribution is -0.385. The van der Waals surface area contributed by atoms with Gasteiger partial charge in [0.1, 0.15) is 13.2 Å². The molecule has 23 heavy (non-hydrogen) atoms. The lowest BCUT2D eigenvalue weighted by atomic mass is 10.2. The van der Waals surface area contributed by atoms with Crippen LogP contribution in [-0.2, 0) is 9.53 Å². The second kappa shape index (κ2) is 7.79. The Hall–Kier alpha value is -2.33. The van der Waals surface area contributed by atoms with Gasteiger partial charge in [-0.1, -0.05) is 0 Å². The molecule has 124 valence electrons. The van der Waals surface area contributed by atoms with Gasteiger partial charge in [0.25, 0.3) is 5.69 Å². The van der Waals surface area contributed by atoms with Crippen LogP contribution in [0.2, 0.25) is 0 Å². The summed E-state index contributed by atoms with van der Waals surface area (Å²) in [6, 6.07) is 4.30. The van der Waals surface area contributed by atoms with Crippen LogP contribution in [0, 0.1) is 10.1 Å². The lowest BCUT2D eigenvalue weighted by Gasteiger charge is -2.28. The van der Waals surface area contributed by atoms with Crippen LogP contribution in [-0.4, -0.2) is 54.1 Å². The van der Waals surface area contributed by atoms with E-state index in [9.17, 15) is 19.7 Å². The number of hydrogen-bond acceptors (Lipinski definition) is 7. The largest absolute Gasteiger partial charge is 0.447 e. The van der Waals surface area contributed by atoms with Crippen LogP contribution in [0.3, 0.4) is 0 Å². The molecule has 0 aliphatic carbocycles. The maximum absolute atomic E-state index is 12.2. The Morgan fingerprint density at radius 1 is 1.48 bits per heavy atom. The summed E-state index contributed by atoms with van der Waals surface area (Å²) in [6.45, 7) is -0.253. The second-order valence-corrected chi connectivity index (χ2v) is 5.65. The molecule has 1 heterocycles. The number of nitro benzene ring substituents is 1. The van der Waals surface area contributed by atoms with Crippen molar-refractivity contribution in [1.29, 1.82) is 0 Å². The maximum Gasteiger partial charge on any atom is 0.407 e. The molecule has 2 amide bonds. The van der Waals surface area contributed by atoms with E-state index < -0.39 is 11.0 Å². The van der Waals surface area contributed by atoms with Gasteiger partial charge >= 0.3 is 6.09 Å². The van der Waals surface area contributed by atoms with Crippen molar-refractivity contribution in [1.82, 2.24) is 5.32 Å². The Kier molecular flexibility index (Phi) is 5.77. The number of amides is 2. The first-order chi connectivity index (χ1) is 11.0. The van der Waals surface area contributed by atoms with Crippen LogP contribution < -0.4 is 10.2 Å². The number of alkyl carbamates (subject to hydrolysis) is 1. The van der Waals surface area contributed by atoms with E-state index in [1.165, 1.54) is 34.9 Å². The fraction of sp³-hybridized carbons (Fsp3) is 0.385. The zero-order valence-electron chi connectivity index (χ0n) is 12.1. The van der Waals surface area contributed by atoms with Crippen molar-refractivity contribution in [3.05, 3.63) is 28.3 Å². The molecule has 0 aromatic heterocycles. The molecule has 0 radical (unpaired) electrons. The molecule has 0 atom stereocenters. The molecule has 0 saturated carbocycles. The normalized spacial score (nSPS) is 13.2. The molecule has 1 aliphatic heterocycles.